The fourth-order valence-electron chi connectivity index (χ4n) is 5.27. The molecule has 4 aliphatic carbocycles. The zero-order valence-corrected chi connectivity index (χ0v) is 15.8. The maximum atomic E-state index is 13.0. The van der Waals surface area contributed by atoms with Crippen LogP contribution in [0.1, 0.15) is 38.5 Å². The molecule has 0 aromatic carbocycles. The molecule has 12 heteroatoms. The standard InChI is InChI=1S/C16H22F2O9S/c17-16(18,28(22,23)24)12(19)25-1-2-26-13(20)27-9-14-4-10-3-11(5-14)7-15(21,6-10)8-14/h10-11,21H,1-9H2,(H,22,23,24). The van der Waals surface area contributed by atoms with Crippen LogP contribution in [-0.2, 0) is 29.1 Å². The van der Waals surface area contributed by atoms with E-state index < -0.39 is 46.3 Å². The second-order valence-electron chi connectivity index (χ2n) is 8.20. The lowest BCUT2D eigenvalue weighted by Crippen LogP contribution is -2.57. The quantitative estimate of drug-likeness (QED) is 0.351. The van der Waals surface area contributed by atoms with Crippen LogP contribution in [0, 0.1) is 17.3 Å². The van der Waals surface area contributed by atoms with Crippen LogP contribution in [0.3, 0.4) is 0 Å². The van der Waals surface area contributed by atoms with Crippen molar-refractivity contribution in [2.24, 2.45) is 17.3 Å². The van der Waals surface area contributed by atoms with Gasteiger partial charge in [-0.3, -0.25) is 4.55 Å². The number of carbonyl (C=O) groups excluding carboxylic acids is 2. The first-order chi connectivity index (χ1) is 12.8. The second kappa shape index (κ2) is 7.06. The fourth-order valence-corrected chi connectivity index (χ4v) is 5.54. The molecule has 0 aromatic rings. The van der Waals surface area contributed by atoms with E-state index in [9.17, 15) is 31.9 Å². The molecule has 0 spiro atoms. The van der Waals surface area contributed by atoms with Gasteiger partial charge in [0.2, 0.25) is 0 Å². The Morgan fingerprint density at radius 2 is 1.61 bits per heavy atom. The molecule has 9 nitrogen and oxygen atoms in total. The number of carbonyl (C=O) groups is 2. The second-order valence-corrected chi connectivity index (χ2v) is 9.66. The Morgan fingerprint density at radius 3 is 2.14 bits per heavy atom. The first-order valence-electron chi connectivity index (χ1n) is 8.88. The maximum absolute atomic E-state index is 13.0. The number of rotatable bonds is 7. The van der Waals surface area contributed by atoms with Crippen LogP contribution in [0.15, 0.2) is 0 Å². The monoisotopic (exact) mass is 428 g/mol. The highest BCUT2D eigenvalue weighted by Gasteiger charge is 2.57. The molecule has 2 N–H and O–H groups in total. The van der Waals surface area contributed by atoms with Gasteiger partial charge in [0, 0.05) is 5.41 Å². The van der Waals surface area contributed by atoms with Crippen LogP contribution in [-0.4, -0.2) is 60.9 Å². The summed E-state index contributed by atoms with van der Waals surface area (Å²) in [5, 5.41) is 5.53. The molecule has 4 fully saturated rings. The number of ether oxygens (including phenoxy) is 3. The number of alkyl halides is 2. The number of esters is 1. The Balaban J connectivity index is 1.40. The molecule has 2 atom stereocenters. The van der Waals surface area contributed by atoms with Gasteiger partial charge in [0.15, 0.2) is 0 Å². The Morgan fingerprint density at radius 1 is 1.04 bits per heavy atom. The van der Waals surface area contributed by atoms with Gasteiger partial charge in [-0.25, -0.2) is 9.59 Å². The average molecular weight is 428 g/mol. The highest BCUT2D eigenvalue weighted by molar-refractivity contribution is 7.87. The number of hydrogen-bond donors (Lipinski definition) is 2. The molecule has 2 unspecified atom stereocenters. The van der Waals surface area contributed by atoms with Gasteiger partial charge in [0.1, 0.15) is 19.8 Å². The van der Waals surface area contributed by atoms with Gasteiger partial charge in [0.05, 0.1) is 5.60 Å². The molecular formula is C16H22F2O9S. The summed E-state index contributed by atoms with van der Waals surface area (Å²) in [5.74, 6) is -1.65. The van der Waals surface area contributed by atoms with Gasteiger partial charge in [-0.2, -0.15) is 17.2 Å². The zero-order valence-electron chi connectivity index (χ0n) is 14.9. The van der Waals surface area contributed by atoms with Gasteiger partial charge in [-0.1, -0.05) is 0 Å². The Bertz CT molecular complexity index is 737. The van der Waals surface area contributed by atoms with E-state index in [-0.39, 0.29) is 12.0 Å². The SMILES string of the molecule is O=C(OCCOC(=O)C(F)(F)S(=O)(=O)O)OCC12CC3CC(CC(O)(C3)C1)C2. The molecule has 160 valence electrons. The van der Waals surface area contributed by atoms with Crippen molar-refractivity contribution in [1.29, 1.82) is 0 Å². The van der Waals surface area contributed by atoms with E-state index in [0.29, 0.717) is 18.3 Å². The van der Waals surface area contributed by atoms with Crippen molar-refractivity contribution in [3.8, 4) is 0 Å². The third kappa shape index (κ3) is 4.23. The molecule has 0 saturated heterocycles. The van der Waals surface area contributed by atoms with Crippen molar-refractivity contribution in [3.05, 3.63) is 0 Å². The Labute approximate surface area is 160 Å². The van der Waals surface area contributed by atoms with Crippen LogP contribution in [0.25, 0.3) is 0 Å². The summed E-state index contributed by atoms with van der Waals surface area (Å²) in [6.07, 6.45) is 3.82. The average Bonchev–Trinajstić information content (AvgIpc) is 2.53. The summed E-state index contributed by atoms with van der Waals surface area (Å²) in [6, 6.07) is 0. The van der Waals surface area contributed by atoms with Crippen molar-refractivity contribution in [1.82, 2.24) is 0 Å². The lowest BCUT2D eigenvalue weighted by Gasteiger charge is -2.59. The minimum Gasteiger partial charge on any atom is -0.457 e. The molecule has 4 saturated carbocycles. The largest absolute Gasteiger partial charge is 0.508 e. The van der Waals surface area contributed by atoms with Gasteiger partial charge < -0.3 is 19.3 Å². The van der Waals surface area contributed by atoms with E-state index >= 15 is 0 Å². The normalized spacial score (nSPS) is 34.1. The predicted octanol–water partition coefficient (Wildman–Crippen LogP) is 1.49. The van der Waals surface area contributed by atoms with Crippen LogP contribution in [0.5, 0.6) is 0 Å². The minimum atomic E-state index is -5.95. The number of halogens is 2. The summed E-state index contributed by atoms with van der Waals surface area (Å²) < 4.78 is 68.7. The molecule has 4 aliphatic rings. The topological polar surface area (TPSA) is 136 Å². The highest BCUT2D eigenvalue weighted by Crippen LogP contribution is 2.61. The van der Waals surface area contributed by atoms with Crippen LogP contribution >= 0.6 is 0 Å². The lowest BCUT2D eigenvalue weighted by molar-refractivity contribution is -0.177. The Kier molecular flexibility index (Phi) is 5.34. The molecule has 4 rings (SSSR count). The fraction of sp³-hybridized carbons (Fsp3) is 0.875. The molecule has 0 aromatic heterocycles. The van der Waals surface area contributed by atoms with Crippen LogP contribution < -0.4 is 0 Å². The summed E-state index contributed by atoms with van der Waals surface area (Å²) in [5.41, 5.74) is -0.994. The molecule has 0 aliphatic heterocycles. The molecule has 0 heterocycles. The van der Waals surface area contributed by atoms with Gasteiger partial charge in [-0.05, 0) is 50.4 Å². The van der Waals surface area contributed by atoms with Crippen LogP contribution in [0.2, 0.25) is 0 Å². The molecule has 28 heavy (non-hydrogen) atoms. The van der Waals surface area contributed by atoms with Gasteiger partial charge in [0.25, 0.3) is 0 Å². The van der Waals surface area contributed by atoms with E-state index in [2.05, 4.69) is 9.47 Å². The first kappa shape index (κ1) is 21.2. The lowest BCUT2D eigenvalue weighted by atomic mass is 9.48. The molecule has 4 bridgehead atoms. The van der Waals surface area contributed by atoms with Crippen molar-refractivity contribution < 1.29 is 50.7 Å². The summed E-state index contributed by atoms with van der Waals surface area (Å²) in [7, 11) is -5.95. The Hall–Kier alpha value is -1.53. The zero-order chi connectivity index (χ0) is 20.8. The van der Waals surface area contributed by atoms with E-state index in [1.54, 1.807) is 0 Å². The number of aliphatic hydroxyl groups is 1. The molecular weight excluding hydrogens is 406 g/mol. The van der Waals surface area contributed by atoms with Gasteiger partial charge in [-0.15, -0.1) is 0 Å². The van der Waals surface area contributed by atoms with Crippen LogP contribution in [0.4, 0.5) is 13.6 Å². The van der Waals surface area contributed by atoms with Crippen molar-refractivity contribution in [2.75, 3.05) is 19.8 Å². The minimum absolute atomic E-state index is 0.0712. The van der Waals surface area contributed by atoms with Gasteiger partial charge >= 0.3 is 27.5 Å². The van der Waals surface area contributed by atoms with Crippen molar-refractivity contribution in [2.45, 2.75) is 49.4 Å². The molecule has 0 amide bonds. The summed E-state index contributed by atoms with van der Waals surface area (Å²) in [4.78, 5) is 22.7. The van der Waals surface area contributed by atoms with E-state index in [1.807, 2.05) is 0 Å². The highest BCUT2D eigenvalue weighted by atomic mass is 32.2. The third-order valence-corrected chi connectivity index (χ3v) is 6.56. The van der Waals surface area contributed by atoms with Crippen molar-refractivity contribution >= 4 is 22.2 Å². The first-order valence-corrected chi connectivity index (χ1v) is 10.3. The van der Waals surface area contributed by atoms with E-state index in [1.165, 1.54) is 0 Å². The van der Waals surface area contributed by atoms with Crippen molar-refractivity contribution in [3.63, 3.8) is 0 Å². The van der Waals surface area contributed by atoms with E-state index in [4.69, 9.17) is 9.29 Å². The third-order valence-electron chi connectivity index (χ3n) is 5.75. The smallest absolute Gasteiger partial charge is 0.457 e. The summed E-state index contributed by atoms with van der Waals surface area (Å²) in [6.45, 7) is -1.40. The summed E-state index contributed by atoms with van der Waals surface area (Å²) >= 11 is 0. The molecule has 0 radical (unpaired) electrons. The predicted molar refractivity (Wildman–Crippen MR) is 86.8 cm³/mol. The van der Waals surface area contributed by atoms with E-state index in [0.717, 1.165) is 32.1 Å². The maximum Gasteiger partial charge on any atom is 0.508 e. The number of hydrogen-bond acceptors (Lipinski definition) is 8.